The third-order valence-electron chi connectivity index (χ3n) is 5.59. The third-order valence-corrected chi connectivity index (χ3v) is 5.59. The molecule has 190 valence electrons. The molecule has 4 rings (SSSR count). The Morgan fingerprint density at radius 3 is 2.50 bits per heavy atom. The van der Waals surface area contributed by atoms with Gasteiger partial charge < -0.3 is 14.2 Å². The molecule has 36 heavy (non-hydrogen) atoms. The third kappa shape index (κ3) is 5.37. The minimum Gasteiger partial charge on any atom is -0.415 e. The molecule has 0 aliphatic carbocycles. The first-order valence-electron chi connectivity index (χ1n) is 11.2. The van der Waals surface area contributed by atoms with Crippen LogP contribution in [0.1, 0.15) is 38.3 Å². The van der Waals surface area contributed by atoms with E-state index in [1.165, 1.54) is 41.4 Å². The monoisotopic (exact) mass is 505 g/mol. The van der Waals surface area contributed by atoms with E-state index in [1.54, 1.807) is 0 Å². The lowest BCUT2D eigenvalue weighted by atomic mass is 9.92. The van der Waals surface area contributed by atoms with Crippen LogP contribution >= 0.6 is 0 Å². The summed E-state index contributed by atoms with van der Waals surface area (Å²) in [6.07, 6.45) is -1.39. The largest absolute Gasteiger partial charge is 0.415 e. The van der Waals surface area contributed by atoms with Crippen molar-refractivity contribution in [3.63, 3.8) is 0 Å². The smallest absolute Gasteiger partial charge is 0.314 e. The highest BCUT2D eigenvalue weighted by atomic mass is 19.3. The number of rotatable bonds is 8. The molecule has 0 radical (unpaired) electrons. The lowest BCUT2D eigenvalue weighted by Crippen LogP contribution is -2.68. The molecule has 12 heteroatoms. The quantitative estimate of drug-likeness (QED) is 0.423. The molecule has 0 atom stereocenters. The summed E-state index contributed by atoms with van der Waals surface area (Å²) in [6, 6.07) is 8.09. The summed E-state index contributed by atoms with van der Waals surface area (Å²) in [5, 5.41) is 6.81. The van der Waals surface area contributed by atoms with Gasteiger partial charge in [-0.25, -0.2) is 8.78 Å². The highest BCUT2D eigenvalue weighted by Crippen LogP contribution is 2.32. The SMILES string of the molecule is CC(C)CC(=O)N1CC(F)(C(=O)N(Cc2ccc(-c3nnc(C(F)F)o3)cn2)c2cccc(F)c2)C1. The molecule has 2 amide bonds. The minimum absolute atomic E-state index is 0.0924. The highest BCUT2D eigenvalue weighted by molar-refractivity contribution is 6.01. The molecular weight excluding hydrogens is 482 g/mol. The molecule has 8 nitrogen and oxygen atoms in total. The number of hydrogen-bond acceptors (Lipinski definition) is 6. The van der Waals surface area contributed by atoms with E-state index in [0.29, 0.717) is 5.69 Å². The van der Waals surface area contributed by atoms with E-state index in [9.17, 15) is 22.8 Å². The molecule has 0 saturated carbocycles. The van der Waals surface area contributed by atoms with Crippen LogP contribution in [0.3, 0.4) is 0 Å². The number of nitrogens with zero attached hydrogens (tertiary/aromatic N) is 5. The summed E-state index contributed by atoms with van der Waals surface area (Å²) in [5.74, 6) is -2.68. The summed E-state index contributed by atoms with van der Waals surface area (Å²) in [5.41, 5.74) is -1.63. The highest BCUT2D eigenvalue weighted by Gasteiger charge is 2.53. The fourth-order valence-corrected chi connectivity index (χ4v) is 3.76. The van der Waals surface area contributed by atoms with Crippen LogP contribution in [0.5, 0.6) is 0 Å². The number of halogens is 4. The van der Waals surface area contributed by atoms with Gasteiger partial charge in [0.2, 0.25) is 17.5 Å². The van der Waals surface area contributed by atoms with Crippen molar-refractivity contribution in [2.75, 3.05) is 18.0 Å². The van der Waals surface area contributed by atoms with Gasteiger partial charge in [0.1, 0.15) is 5.82 Å². The van der Waals surface area contributed by atoms with Gasteiger partial charge in [-0.3, -0.25) is 14.6 Å². The maximum Gasteiger partial charge on any atom is 0.314 e. The Labute approximate surface area is 203 Å². The molecule has 1 aliphatic rings. The number of pyridine rings is 1. The molecule has 0 spiro atoms. The molecular formula is C24H23F4N5O3. The molecule has 1 saturated heterocycles. The summed E-state index contributed by atoms with van der Waals surface area (Å²) in [7, 11) is 0. The van der Waals surface area contributed by atoms with Crippen molar-refractivity contribution in [1.82, 2.24) is 20.1 Å². The first-order valence-corrected chi connectivity index (χ1v) is 11.2. The zero-order valence-electron chi connectivity index (χ0n) is 19.5. The van der Waals surface area contributed by atoms with Crippen LogP contribution in [0, 0.1) is 11.7 Å². The number of aromatic nitrogens is 3. The summed E-state index contributed by atoms with van der Waals surface area (Å²) in [6.45, 7) is 2.75. The van der Waals surface area contributed by atoms with Crippen molar-refractivity contribution in [2.24, 2.45) is 5.92 Å². The van der Waals surface area contributed by atoms with Gasteiger partial charge in [-0.2, -0.15) is 8.78 Å². The topological polar surface area (TPSA) is 92.4 Å². The predicted molar refractivity (Wildman–Crippen MR) is 120 cm³/mol. The molecule has 1 aromatic carbocycles. The van der Waals surface area contributed by atoms with Gasteiger partial charge in [0, 0.05) is 18.3 Å². The van der Waals surface area contributed by atoms with Crippen molar-refractivity contribution in [2.45, 2.75) is 38.9 Å². The Morgan fingerprint density at radius 1 is 1.17 bits per heavy atom. The first-order chi connectivity index (χ1) is 17.1. The van der Waals surface area contributed by atoms with Gasteiger partial charge in [0.05, 0.1) is 30.9 Å². The second-order valence-corrected chi connectivity index (χ2v) is 8.97. The van der Waals surface area contributed by atoms with Gasteiger partial charge in [-0.1, -0.05) is 19.9 Å². The number of alkyl halides is 3. The van der Waals surface area contributed by atoms with Crippen molar-refractivity contribution >= 4 is 17.5 Å². The molecule has 3 aromatic rings. The van der Waals surface area contributed by atoms with Crippen molar-refractivity contribution < 1.29 is 31.6 Å². The van der Waals surface area contributed by atoms with Gasteiger partial charge in [0.25, 0.3) is 11.8 Å². The average Bonchev–Trinajstić information content (AvgIpc) is 3.31. The lowest BCUT2D eigenvalue weighted by molar-refractivity contribution is -0.155. The standard InChI is InChI=1S/C24H23F4N5O3/c1-14(2)8-19(34)32-12-24(28,13-32)23(35)33(18-5-3-4-16(25)9-18)11-17-7-6-15(10-29-17)21-30-31-22(36-21)20(26)27/h3-7,9-10,14,20H,8,11-13H2,1-2H3. The minimum atomic E-state index is -2.92. The van der Waals surface area contributed by atoms with Crippen LogP contribution < -0.4 is 4.90 Å². The van der Waals surface area contributed by atoms with E-state index in [0.717, 1.165) is 11.0 Å². The van der Waals surface area contributed by atoms with Gasteiger partial charge in [0.15, 0.2) is 0 Å². The maximum atomic E-state index is 15.6. The Kier molecular flexibility index (Phi) is 7.04. The lowest BCUT2D eigenvalue weighted by Gasteiger charge is -2.45. The van der Waals surface area contributed by atoms with E-state index >= 15 is 4.39 Å². The van der Waals surface area contributed by atoms with Crippen LogP contribution in [-0.2, 0) is 16.1 Å². The Morgan fingerprint density at radius 2 is 1.92 bits per heavy atom. The fraction of sp³-hybridized carbons (Fsp3) is 0.375. The number of hydrogen-bond donors (Lipinski definition) is 0. The van der Waals surface area contributed by atoms with Gasteiger partial charge in [-0.15, -0.1) is 10.2 Å². The molecule has 0 unspecified atom stereocenters. The molecule has 0 N–H and O–H groups in total. The molecule has 2 aromatic heterocycles. The average molecular weight is 505 g/mol. The van der Waals surface area contributed by atoms with Crippen LogP contribution in [0.2, 0.25) is 0 Å². The van der Waals surface area contributed by atoms with E-state index in [-0.39, 0.29) is 55.0 Å². The molecule has 1 fully saturated rings. The fourth-order valence-electron chi connectivity index (χ4n) is 3.76. The second-order valence-electron chi connectivity index (χ2n) is 8.97. The van der Waals surface area contributed by atoms with Crippen LogP contribution in [0.4, 0.5) is 23.2 Å². The van der Waals surface area contributed by atoms with E-state index in [1.807, 2.05) is 13.8 Å². The first kappa shape index (κ1) is 25.3. The normalized spacial score (nSPS) is 14.7. The molecule has 0 bridgehead atoms. The van der Waals surface area contributed by atoms with Crippen LogP contribution in [0.25, 0.3) is 11.5 Å². The maximum absolute atomic E-state index is 15.6. The van der Waals surface area contributed by atoms with Gasteiger partial charge >= 0.3 is 6.43 Å². The number of amides is 2. The summed E-state index contributed by atoms with van der Waals surface area (Å²) < 4.78 is 59.8. The van der Waals surface area contributed by atoms with Crippen molar-refractivity contribution in [3.05, 3.63) is 60.0 Å². The van der Waals surface area contributed by atoms with Crippen LogP contribution in [-0.4, -0.2) is 50.7 Å². The predicted octanol–water partition coefficient (Wildman–Crippen LogP) is 4.34. The second kappa shape index (κ2) is 10.0. The summed E-state index contributed by atoms with van der Waals surface area (Å²) >= 11 is 0. The zero-order valence-corrected chi connectivity index (χ0v) is 19.5. The number of likely N-dealkylation sites (tertiary alicyclic amines) is 1. The van der Waals surface area contributed by atoms with Crippen LogP contribution in [0.15, 0.2) is 47.0 Å². The summed E-state index contributed by atoms with van der Waals surface area (Å²) in [4.78, 5) is 32.0. The number of anilines is 1. The Hall–Kier alpha value is -3.83. The zero-order chi connectivity index (χ0) is 26.0. The van der Waals surface area contributed by atoms with E-state index in [4.69, 9.17) is 4.42 Å². The molecule has 3 heterocycles. The Balaban J connectivity index is 1.54. The van der Waals surface area contributed by atoms with Gasteiger partial charge in [-0.05, 0) is 36.2 Å². The number of carbonyl (C=O) groups is 2. The number of carbonyl (C=O) groups excluding carboxylic acids is 2. The van der Waals surface area contributed by atoms with Crippen molar-refractivity contribution in [1.29, 1.82) is 0 Å². The van der Waals surface area contributed by atoms with E-state index < -0.39 is 29.7 Å². The van der Waals surface area contributed by atoms with E-state index in [2.05, 4.69) is 15.2 Å². The van der Waals surface area contributed by atoms with Crippen molar-refractivity contribution in [3.8, 4) is 11.5 Å². The molecule has 1 aliphatic heterocycles. The number of benzene rings is 1. The Bertz CT molecular complexity index is 1240.